The van der Waals surface area contributed by atoms with Crippen LogP contribution in [0.3, 0.4) is 0 Å². The van der Waals surface area contributed by atoms with E-state index in [0.29, 0.717) is 15.6 Å². The summed E-state index contributed by atoms with van der Waals surface area (Å²) in [5, 5.41) is 8.18. The number of halogens is 1. The van der Waals surface area contributed by atoms with Crippen LogP contribution in [0, 0.1) is 0 Å². The predicted octanol–water partition coefficient (Wildman–Crippen LogP) is 3.68. The highest BCUT2D eigenvalue weighted by Gasteiger charge is 2.46. The molecule has 2 aromatic rings. The second-order valence-electron chi connectivity index (χ2n) is 7.44. The van der Waals surface area contributed by atoms with Gasteiger partial charge in [0.25, 0.3) is 5.91 Å². The first kappa shape index (κ1) is 19.9. The van der Waals surface area contributed by atoms with Gasteiger partial charge in [-0.15, -0.1) is 11.3 Å². The van der Waals surface area contributed by atoms with Gasteiger partial charge in [0.05, 0.1) is 17.3 Å². The third-order valence-electron chi connectivity index (χ3n) is 5.51. The molecule has 3 atom stereocenters. The summed E-state index contributed by atoms with van der Waals surface area (Å²) in [5.74, 6) is -0.766. The summed E-state index contributed by atoms with van der Waals surface area (Å²) >= 11 is 7.33. The Morgan fingerprint density at radius 3 is 2.79 bits per heavy atom. The first-order valence-electron chi connectivity index (χ1n) is 9.75. The third kappa shape index (κ3) is 4.31. The van der Waals surface area contributed by atoms with Crippen LogP contribution in [0.25, 0.3) is 0 Å². The van der Waals surface area contributed by atoms with Crippen molar-refractivity contribution in [1.29, 1.82) is 0 Å². The molecule has 152 valence electrons. The van der Waals surface area contributed by atoms with Crippen LogP contribution in [0.2, 0.25) is 5.02 Å². The van der Waals surface area contributed by atoms with Crippen LogP contribution in [0.1, 0.15) is 41.8 Å². The maximum absolute atomic E-state index is 13.3. The van der Waals surface area contributed by atoms with E-state index in [2.05, 4.69) is 10.6 Å². The van der Waals surface area contributed by atoms with Crippen molar-refractivity contribution in [2.75, 3.05) is 5.32 Å². The highest BCUT2D eigenvalue weighted by molar-refractivity contribution is 7.12. The molecular formula is C21H22ClN3O3S. The van der Waals surface area contributed by atoms with Crippen molar-refractivity contribution >= 4 is 46.3 Å². The molecule has 1 aromatic heterocycles. The van der Waals surface area contributed by atoms with Crippen LogP contribution in [0.15, 0.2) is 41.8 Å². The SMILES string of the molecule is O=C(CC1C(=O)NC2CCCCC2N1C(=O)c1cccs1)Nc1cccc(Cl)c1. The molecule has 2 heterocycles. The zero-order valence-corrected chi connectivity index (χ0v) is 17.3. The normalized spacial score (nSPS) is 23.8. The number of nitrogens with zero attached hydrogens (tertiary/aromatic N) is 1. The summed E-state index contributed by atoms with van der Waals surface area (Å²) in [7, 11) is 0. The van der Waals surface area contributed by atoms with E-state index < -0.39 is 6.04 Å². The summed E-state index contributed by atoms with van der Waals surface area (Å²) in [4.78, 5) is 41.1. The maximum Gasteiger partial charge on any atom is 0.264 e. The fraction of sp³-hybridized carbons (Fsp3) is 0.381. The predicted molar refractivity (Wildman–Crippen MR) is 113 cm³/mol. The summed E-state index contributed by atoms with van der Waals surface area (Å²) in [6, 6.07) is 9.46. The number of hydrogen-bond acceptors (Lipinski definition) is 4. The maximum atomic E-state index is 13.3. The third-order valence-corrected chi connectivity index (χ3v) is 6.60. The molecule has 8 heteroatoms. The van der Waals surface area contributed by atoms with Gasteiger partial charge in [0.1, 0.15) is 6.04 Å². The van der Waals surface area contributed by atoms with E-state index >= 15 is 0 Å². The number of benzene rings is 1. The van der Waals surface area contributed by atoms with Gasteiger partial charge in [-0.25, -0.2) is 0 Å². The van der Waals surface area contributed by atoms with Crippen molar-refractivity contribution in [3.63, 3.8) is 0 Å². The quantitative estimate of drug-likeness (QED) is 0.775. The van der Waals surface area contributed by atoms with Gasteiger partial charge in [-0.1, -0.05) is 36.6 Å². The van der Waals surface area contributed by atoms with Crippen LogP contribution in [0.5, 0.6) is 0 Å². The van der Waals surface area contributed by atoms with Gasteiger partial charge in [-0.2, -0.15) is 0 Å². The Labute approximate surface area is 178 Å². The van der Waals surface area contributed by atoms with Gasteiger partial charge >= 0.3 is 0 Å². The Hall–Kier alpha value is -2.38. The van der Waals surface area contributed by atoms with E-state index in [1.54, 1.807) is 35.2 Å². The zero-order chi connectivity index (χ0) is 20.4. The number of fused-ring (bicyclic) bond motifs is 1. The minimum Gasteiger partial charge on any atom is -0.349 e. The molecule has 1 saturated carbocycles. The highest BCUT2D eigenvalue weighted by Crippen LogP contribution is 2.31. The van der Waals surface area contributed by atoms with Gasteiger partial charge in [-0.3, -0.25) is 14.4 Å². The lowest BCUT2D eigenvalue weighted by Gasteiger charge is -2.47. The van der Waals surface area contributed by atoms with Crippen molar-refractivity contribution in [3.8, 4) is 0 Å². The Kier molecular flexibility index (Phi) is 5.87. The topological polar surface area (TPSA) is 78.5 Å². The van der Waals surface area contributed by atoms with Crippen molar-refractivity contribution in [2.45, 2.75) is 50.2 Å². The molecule has 0 radical (unpaired) electrons. The summed E-state index contributed by atoms with van der Waals surface area (Å²) in [6.07, 6.45) is 3.62. The lowest BCUT2D eigenvalue weighted by molar-refractivity contribution is -0.135. The molecule has 2 aliphatic rings. The minimum absolute atomic E-state index is 0.0487. The molecule has 1 saturated heterocycles. The molecule has 4 rings (SSSR count). The number of thiophene rings is 1. The Bertz CT molecular complexity index is 918. The molecule has 3 amide bonds. The number of carbonyl (C=O) groups is 3. The highest BCUT2D eigenvalue weighted by atomic mass is 35.5. The molecule has 2 fully saturated rings. The van der Waals surface area contributed by atoms with Crippen molar-refractivity contribution in [2.24, 2.45) is 0 Å². The van der Waals surface area contributed by atoms with Gasteiger partial charge < -0.3 is 15.5 Å². The van der Waals surface area contributed by atoms with E-state index in [9.17, 15) is 14.4 Å². The van der Waals surface area contributed by atoms with Gasteiger partial charge in [0.2, 0.25) is 11.8 Å². The van der Waals surface area contributed by atoms with E-state index in [4.69, 9.17) is 11.6 Å². The molecule has 1 aliphatic heterocycles. The number of piperazine rings is 1. The minimum atomic E-state index is -0.830. The first-order chi connectivity index (χ1) is 14.0. The average molecular weight is 432 g/mol. The standard InChI is InChI=1S/C21H22ClN3O3S/c22-13-5-3-6-14(11-13)23-19(26)12-17-20(27)24-15-7-1-2-8-16(15)25(17)21(28)18-9-4-10-29-18/h3-6,9-11,15-17H,1-2,7-8,12H2,(H,23,26)(H,24,27). The number of hydrogen-bond donors (Lipinski definition) is 2. The van der Waals surface area contributed by atoms with Gasteiger partial charge in [0.15, 0.2) is 0 Å². The fourth-order valence-electron chi connectivity index (χ4n) is 4.21. The largest absolute Gasteiger partial charge is 0.349 e. The van der Waals surface area contributed by atoms with Crippen LogP contribution >= 0.6 is 22.9 Å². The van der Waals surface area contributed by atoms with E-state index in [1.165, 1.54) is 11.3 Å². The number of nitrogens with one attached hydrogen (secondary N) is 2. The monoisotopic (exact) mass is 431 g/mol. The lowest BCUT2D eigenvalue weighted by atomic mass is 9.85. The second-order valence-corrected chi connectivity index (χ2v) is 8.82. The van der Waals surface area contributed by atoms with Crippen LogP contribution in [0.4, 0.5) is 5.69 Å². The van der Waals surface area contributed by atoms with Crippen LogP contribution in [-0.2, 0) is 9.59 Å². The average Bonchev–Trinajstić information content (AvgIpc) is 3.23. The Morgan fingerprint density at radius 1 is 1.21 bits per heavy atom. The second kappa shape index (κ2) is 8.55. The number of rotatable bonds is 4. The summed E-state index contributed by atoms with van der Waals surface area (Å²) in [6.45, 7) is 0. The van der Waals surface area contributed by atoms with Crippen molar-refractivity contribution in [3.05, 3.63) is 51.7 Å². The Morgan fingerprint density at radius 2 is 2.03 bits per heavy atom. The molecular weight excluding hydrogens is 410 g/mol. The van der Waals surface area contributed by atoms with Gasteiger partial charge in [-0.05, 0) is 42.5 Å². The zero-order valence-electron chi connectivity index (χ0n) is 15.8. The summed E-state index contributed by atoms with van der Waals surface area (Å²) < 4.78 is 0. The molecule has 29 heavy (non-hydrogen) atoms. The number of carbonyl (C=O) groups excluding carboxylic acids is 3. The Balaban J connectivity index is 1.57. The van der Waals surface area contributed by atoms with Crippen molar-refractivity contribution in [1.82, 2.24) is 10.2 Å². The molecule has 2 N–H and O–H groups in total. The fourth-order valence-corrected chi connectivity index (χ4v) is 5.07. The van der Waals surface area contributed by atoms with E-state index in [-0.39, 0.29) is 36.2 Å². The molecule has 3 unspecified atom stereocenters. The van der Waals surface area contributed by atoms with E-state index in [0.717, 1.165) is 25.7 Å². The van der Waals surface area contributed by atoms with Crippen molar-refractivity contribution < 1.29 is 14.4 Å². The molecule has 1 aliphatic carbocycles. The molecule has 6 nitrogen and oxygen atoms in total. The van der Waals surface area contributed by atoms with Gasteiger partial charge in [0, 0.05) is 16.8 Å². The molecule has 0 spiro atoms. The van der Waals surface area contributed by atoms with Crippen LogP contribution < -0.4 is 10.6 Å². The lowest BCUT2D eigenvalue weighted by Crippen LogP contribution is -2.67. The molecule has 0 bridgehead atoms. The summed E-state index contributed by atoms with van der Waals surface area (Å²) in [5.41, 5.74) is 0.561. The first-order valence-corrected chi connectivity index (χ1v) is 11.0. The molecule has 1 aromatic carbocycles. The number of anilines is 1. The smallest absolute Gasteiger partial charge is 0.264 e. The van der Waals surface area contributed by atoms with Crippen LogP contribution in [-0.4, -0.2) is 40.7 Å². The van der Waals surface area contributed by atoms with E-state index in [1.807, 2.05) is 11.4 Å². The number of amides is 3.